The first kappa shape index (κ1) is 15.9. The molecule has 3 N–H and O–H groups in total. The maximum atomic E-state index is 9.76. The van der Waals surface area contributed by atoms with Gasteiger partial charge in [-0.3, -0.25) is 0 Å². The second-order valence-electron chi connectivity index (χ2n) is 5.75. The monoisotopic (exact) mass is 230 g/mol. The molecule has 0 saturated carbocycles. The van der Waals surface area contributed by atoms with Crippen LogP contribution in [0.15, 0.2) is 0 Å². The van der Waals surface area contributed by atoms with E-state index in [9.17, 15) is 5.11 Å². The highest BCUT2D eigenvalue weighted by atomic mass is 16.3. The molecule has 0 aromatic carbocycles. The van der Waals surface area contributed by atoms with E-state index < -0.39 is 5.60 Å². The lowest BCUT2D eigenvalue weighted by Crippen LogP contribution is -2.41. The zero-order chi connectivity index (χ0) is 12.8. The second kappa shape index (κ2) is 6.58. The van der Waals surface area contributed by atoms with Gasteiger partial charge < -0.3 is 15.7 Å². The topological polar surface area (TPSA) is 49.5 Å². The summed E-state index contributed by atoms with van der Waals surface area (Å²) in [7, 11) is 2.17. The van der Waals surface area contributed by atoms with Crippen molar-refractivity contribution in [1.29, 1.82) is 0 Å². The molecular weight excluding hydrogens is 200 g/mol. The van der Waals surface area contributed by atoms with Gasteiger partial charge in [0.2, 0.25) is 0 Å². The van der Waals surface area contributed by atoms with E-state index in [4.69, 9.17) is 5.73 Å². The Hall–Kier alpha value is -0.120. The number of hydrogen-bond acceptors (Lipinski definition) is 3. The molecule has 16 heavy (non-hydrogen) atoms. The summed E-state index contributed by atoms with van der Waals surface area (Å²) in [6.45, 7) is 10.00. The molecule has 0 aromatic rings. The number of aliphatic hydroxyl groups is 1. The fourth-order valence-electron chi connectivity index (χ4n) is 1.53. The molecule has 3 heteroatoms. The molecule has 98 valence electrons. The van der Waals surface area contributed by atoms with E-state index in [-0.39, 0.29) is 5.54 Å². The van der Waals surface area contributed by atoms with Gasteiger partial charge in [0.15, 0.2) is 0 Å². The van der Waals surface area contributed by atoms with E-state index in [0.717, 1.165) is 32.2 Å². The molecule has 1 atom stereocenters. The molecule has 0 heterocycles. The summed E-state index contributed by atoms with van der Waals surface area (Å²) in [5.41, 5.74) is 5.07. The molecule has 0 aliphatic heterocycles. The third-order valence-electron chi connectivity index (χ3n) is 3.80. The number of rotatable bonds is 8. The number of nitrogens with two attached hydrogens (primary N) is 1. The van der Waals surface area contributed by atoms with Crippen molar-refractivity contribution in [3.05, 3.63) is 0 Å². The molecule has 0 bridgehead atoms. The predicted molar refractivity (Wildman–Crippen MR) is 70.5 cm³/mol. The Morgan fingerprint density at radius 3 is 2.19 bits per heavy atom. The highest BCUT2D eigenvalue weighted by molar-refractivity contribution is 4.78. The average molecular weight is 230 g/mol. The van der Waals surface area contributed by atoms with Gasteiger partial charge in [0.05, 0.1) is 5.60 Å². The molecule has 1 unspecified atom stereocenters. The van der Waals surface area contributed by atoms with Gasteiger partial charge in [0, 0.05) is 12.1 Å². The van der Waals surface area contributed by atoms with Crippen LogP contribution in [0, 0.1) is 0 Å². The number of unbranched alkanes of at least 4 members (excludes halogenated alkanes) is 1. The summed E-state index contributed by atoms with van der Waals surface area (Å²) in [5.74, 6) is 0. The van der Waals surface area contributed by atoms with Crippen molar-refractivity contribution in [2.75, 3.05) is 20.1 Å². The van der Waals surface area contributed by atoms with Gasteiger partial charge in [0.25, 0.3) is 0 Å². The lowest BCUT2D eigenvalue weighted by molar-refractivity contribution is 0.0551. The Morgan fingerprint density at radius 1 is 1.19 bits per heavy atom. The molecule has 0 radical (unpaired) electrons. The normalized spacial score (nSPS) is 16.5. The fraction of sp³-hybridized carbons (Fsp3) is 1.00. The summed E-state index contributed by atoms with van der Waals surface area (Å²) in [6.07, 6.45) is 4.11. The largest absolute Gasteiger partial charge is 0.389 e. The second-order valence-corrected chi connectivity index (χ2v) is 5.75. The summed E-state index contributed by atoms with van der Waals surface area (Å²) < 4.78 is 0. The highest BCUT2D eigenvalue weighted by Gasteiger charge is 2.21. The Morgan fingerprint density at radius 2 is 1.75 bits per heavy atom. The summed E-state index contributed by atoms with van der Waals surface area (Å²) in [6, 6.07) is 0. The maximum Gasteiger partial charge on any atom is 0.0741 e. The highest BCUT2D eigenvalue weighted by Crippen LogP contribution is 2.18. The van der Waals surface area contributed by atoms with Crippen molar-refractivity contribution in [2.45, 2.75) is 64.5 Å². The van der Waals surface area contributed by atoms with Crippen LogP contribution in [0.2, 0.25) is 0 Å². The molecule has 0 fully saturated rings. The third-order valence-corrected chi connectivity index (χ3v) is 3.80. The molecule has 3 nitrogen and oxygen atoms in total. The summed E-state index contributed by atoms with van der Waals surface area (Å²) >= 11 is 0. The van der Waals surface area contributed by atoms with Crippen LogP contribution in [-0.4, -0.2) is 41.3 Å². The van der Waals surface area contributed by atoms with Crippen LogP contribution in [0.4, 0.5) is 0 Å². The Kier molecular flexibility index (Phi) is 6.53. The van der Waals surface area contributed by atoms with Crippen LogP contribution in [0.25, 0.3) is 0 Å². The minimum absolute atomic E-state index is 0.274. The summed E-state index contributed by atoms with van der Waals surface area (Å²) in [5, 5.41) is 9.76. The molecule has 0 saturated heterocycles. The summed E-state index contributed by atoms with van der Waals surface area (Å²) in [4.78, 5) is 2.39. The van der Waals surface area contributed by atoms with Crippen LogP contribution >= 0.6 is 0 Å². The van der Waals surface area contributed by atoms with Crippen LogP contribution in [-0.2, 0) is 0 Å². The van der Waals surface area contributed by atoms with Crippen molar-refractivity contribution in [3.8, 4) is 0 Å². The van der Waals surface area contributed by atoms with E-state index in [0.29, 0.717) is 6.54 Å². The molecule has 0 aliphatic rings. The molecule has 0 spiro atoms. The lowest BCUT2D eigenvalue weighted by Gasteiger charge is -2.35. The Balaban J connectivity index is 3.75. The van der Waals surface area contributed by atoms with Crippen molar-refractivity contribution in [1.82, 2.24) is 4.90 Å². The van der Waals surface area contributed by atoms with Crippen molar-refractivity contribution in [2.24, 2.45) is 5.73 Å². The Bertz CT molecular complexity index is 190. The zero-order valence-corrected chi connectivity index (χ0v) is 11.7. The number of nitrogens with zero attached hydrogens (tertiary/aromatic N) is 1. The first-order chi connectivity index (χ1) is 7.25. The van der Waals surface area contributed by atoms with Crippen molar-refractivity contribution in [3.63, 3.8) is 0 Å². The number of hydrogen-bond donors (Lipinski definition) is 2. The lowest BCUT2D eigenvalue weighted by atomic mass is 9.97. The van der Waals surface area contributed by atoms with Crippen LogP contribution < -0.4 is 5.73 Å². The SMILES string of the molecule is CCC(C)(C)N(C)CCCCC(C)(O)CN. The molecule has 0 rings (SSSR count). The van der Waals surface area contributed by atoms with E-state index in [1.54, 1.807) is 0 Å². The van der Waals surface area contributed by atoms with Gasteiger partial charge in [-0.15, -0.1) is 0 Å². The standard InChI is InChI=1S/C13H30N2O/c1-6-12(2,3)15(5)10-8-7-9-13(4,16)11-14/h16H,6-11,14H2,1-5H3. The van der Waals surface area contributed by atoms with E-state index >= 15 is 0 Å². The molecule has 0 aromatic heterocycles. The first-order valence-electron chi connectivity index (χ1n) is 6.39. The maximum absolute atomic E-state index is 9.76. The smallest absolute Gasteiger partial charge is 0.0741 e. The van der Waals surface area contributed by atoms with Gasteiger partial charge in [0.1, 0.15) is 0 Å². The molecular formula is C13H30N2O. The first-order valence-corrected chi connectivity index (χ1v) is 6.39. The van der Waals surface area contributed by atoms with Crippen LogP contribution in [0.3, 0.4) is 0 Å². The minimum Gasteiger partial charge on any atom is -0.389 e. The quantitative estimate of drug-likeness (QED) is 0.627. The van der Waals surface area contributed by atoms with E-state index in [1.807, 2.05) is 6.92 Å². The molecule has 0 amide bonds. The molecule has 0 aliphatic carbocycles. The zero-order valence-electron chi connectivity index (χ0n) is 11.7. The van der Waals surface area contributed by atoms with Gasteiger partial charge >= 0.3 is 0 Å². The minimum atomic E-state index is -0.682. The average Bonchev–Trinajstić information content (AvgIpc) is 2.24. The fourth-order valence-corrected chi connectivity index (χ4v) is 1.53. The van der Waals surface area contributed by atoms with Gasteiger partial charge in [-0.1, -0.05) is 6.92 Å². The van der Waals surface area contributed by atoms with E-state index in [1.165, 1.54) is 0 Å². The van der Waals surface area contributed by atoms with Crippen molar-refractivity contribution < 1.29 is 5.11 Å². The van der Waals surface area contributed by atoms with Gasteiger partial charge in [-0.2, -0.15) is 0 Å². The van der Waals surface area contributed by atoms with Crippen LogP contribution in [0.1, 0.15) is 53.4 Å². The van der Waals surface area contributed by atoms with E-state index in [2.05, 4.69) is 32.7 Å². The Labute approximate surface area is 101 Å². The van der Waals surface area contributed by atoms with Crippen molar-refractivity contribution >= 4 is 0 Å². The van der Waals surface area contributed by atoms with Crippen LogP contribution in [0.5, 0.6) is 0 Å². The third kappa shape index (κ3) is 5.83. The van der Waals surface area contributed by atoms with Gasteiger partial charge in [-0.05, 0) is 60.0 Å². The predicted octanol–water partition coefficient (Wildman–Crippen LogP) is 1.99. The van der Waals surface area contributed by atoms with Gasteiger partial charge in [-0.25, -0.2) is 0 Å².